The molecule has 1 N–H and O–H groups in total. The largest absolute Gasteiger partial charge is 0.385 e. The first-order valence-electron chi connectivity index (χ1n) is 23.2. The molecule has 5 heteroatoms. The summed E-state index contributed by atoms with van der Waals surface area (Å²) in [6.45, 7) is 9.05. The van der Waals surface area contributed by atoms with Crippen LogP contribution in [0.1, 0.15) is 129 Å². The zero-order valence-corrected chi connectivity index (χ0v) is 38.1. The van der Waals surface area contributed by atoms with Crippen molar-refractivity contribution in [1.82, 2.24) is 9.97 Å². The van der Waals surface area contributed by atoms with E-state index in [4.69, 9.17) is 0 Å². The fraction of sp³-hybridized carbons (Fsp3) is 0.446. The molecule has 4 aromatic carbocycles. The molecule has 6 aromatic rings. The average molecular weight is 874 g/mol. The highest BCUT2D eigenvalue weighted by atomic mass is 79.9. The number of hydrogen-bond donors (Lipinski definition) is 1. The first kappa shape index (κ1) is 40.9. The fourth-order valence-corrected chi connectivity index (χ4v) is 14.5. The summed E-state index contributed by atoms with van der Waals surface area (Å²) < 4.78 is 1.10. The third kappa shape index (κ3) is 7.01. The minimum atomic E-state index is -0.736. The monoisotopic (exact) mass is 872 g/mol. The van der Waals surface area contributed by atoms with E-state index in [1.807, 2.05) is 30.7 Å². The van der Waals surface area contributed by atoms with Crippen LogP contribution in [0.4, 0.5) is 0 Å². The molecule has 4 fully saturated rings. The maximum atomic E-state index is 12.3. The Morgan fingerprint density at radius 3 is 1.84 bits per heavy atom. The highest BCUT2D eigenvalue weighted by molar-refractivity contribution is 9.10. The molecular weight excluding hydrogens is 813 g/mol. The van der Waals surface area contributed by atoms with Gasteiger partial charge in [0.1, 0.15) is 5.78 Å². The standard InChI is InChI=1S/C28H31NO.C19H24O.C9H6BrN/c1-18-3-7-23-20(15-18)5-8-25-24(23)9-12-27(2)26(25)10-13-28(27,30)22-6-4-19-11-14-29-17-21(19)16-22;1-12-3-5-14-13(11-12)4-6-16-15(14)9-10-19(2)17(16)7-8-18(19)20;10-9-2-1-7-3-4-11-6-8(7)5-9/h3-4,6-7,11,14-17,24-26,30H,5,8-10,12-13H2,1-2H3;3,5,11,15-17H,4,6-10H2,1-2H3;1-6H/t24-,25-,26+,27+,28-;15-,16-,17+,19+;/m11./s1. The van der Waals surface area contributed by atoms with Gasteiger partial charge < -0.3 is 5.11 Å². The van der Waals surface area contributed by atoms with Gasteiger partial charge in [0.25, 0.3) is 0 Å². The zero-order valence-electron chi connectivity index (χ0n) is 36.5. The molecule has 4 saturated carbocycles. The number of pyridine rings is 2. The maximum Gasteiger partial charge on any atom is 0.139 e. The smallest absolute Gasteiger partial charge is 0.139 e. The van der Waals surface area contributed by atoms with Crippen LogP contribution < -0.4 is 0 Å². The van der Waals surface area contributed by atoms with Crippen molar-refractivity contribution in [3.63, 3.8) is 0 Å². The number of halogens is 1. The minimum absolute atomic E-state index is 0.0172. The van der Waals surface area contributed by atoms with Gasteiger partial charge in [-0.1, -0.05) is 95.5 Å². The molecule has 12 rings (SSSR count). The number of nitrogens with zero attached hydrogens (tertiary/aromatic N) is 2. The van der Waals surface area contributed by atoms with Crippen molar-refractivity contribution in [2.45, 2.75) is 122 Å². The van der Waals surface area contributed by atoms with Gasteiger partial charge >= 0.3 is 0 Å². The van der Waals surface area contributed by atoms with Crippen LogP contribution in [0, 0.1) is 48.3 Å². The molecule has 0 saturated heterocycles. The van der Waals surface area contributed by atoms with Crippen LogP contribution in [0.3, 0.4) is 0 Å². The lowest BCUT2D eigenvalue weighted by molar-refractivity contribution is -0.129. The van der Waals surface area contributed by atoms with Gasteiger partial charge in [-0.05, 0) is 189 Å². The van der Waals surface area contributed by atoms with E-state index in [1.165, 1.54) is 65.8 Å². The Balaban J connectivity index is 0.000000123. The number of hydrogen-bond acceptors (Lipinski definition) is 4. The third-order valence-electron chi connectivity index (χ3n) is 17.3. The summed E-state index contributed by atoms with van der Waals surface area (Å²) in [7, 11) is 0. The lowest BCUT2D eigenvalue weighted by Gasteiger charge is -2.53. The van der Waals surface area contributed by atoms with E-state index in [-0.39, 0.29) is 10.8 Å². The van der Waals surface area contributed by atoms with E-state index >= 15 is 0 Å². The molecule has 314 valence electrons. The molecule has 0 bridgehead atoms. The normalized spacial score (nSPS) is 31.9. The summed E-state index contributed by atoms with van der Waals surface area (Å²) in [5.41, 5.74) is 9.47. The number of rotatable bonds is 1. The first-order chi connectivity index (χ1) is 29.4. The van der Waals surface area contributed by atoms with Crippen LogP contribution in [0.25, 0.3) is 21.5 Å². The Bertz CT molecular complexity index is 2640. The van der Waals surface area contributed by atoms with Crippen LogP contribution in [0.15, 0.2) is 114 Å². The lowest BCUT2D eigenvalue weighted by atomic mass is 9.52. The first-order valence-corrected chi connectivity index (χ1v) is 24.0. The molecule has 2 aromatic heterocycles. The summed E-state index contributed by atoms with van der Waals surface area (Å²) in [5, 5.41) is 16.9. The van der Waals surface area contributed by atoms with Gasteiger partial charge in [0.05, 0.1) is 5.60 Å². The molecule has 6 aliphatic carbocycles. The number of Topliss-reactive ketones (excluding diaryl/α,β-unsaturated/α-hetero) is 1. The van der Waals surface area contributed by atoms with Crippen LogP contribution in [-0.2, 0) is 23.2 Å². The number of benzene rings is 4. The fourth-order valence-electron chi connectivity index (χ4n) is 14.1. The molecule has 0 radical (unpaired) electrons. The van der Waals surface area contributed by atoms with Crippen LogP contribution in [0.2, 0.25) is 0 Å². The number of carbonyl (C=O) groups is 1. The van der Waals surface area contributed by atoms with Gasteiger partial charge in [-0.25, -0.2) is 0 Å². The topological polar surface area (TPSA) is 63.1 Å². The number of aliphatic hydroxyl groups is 1. The van der Waals surface area contributed by atoms with E-state index < -0.39 is 5.60 Å². The van der Waals surface area contributed by atoms with Crippen LogP contribution in [0.5, 0.6) is 0 Å². The molecule has 4 nitrogen and oxygen atoms in total. The molecule has 0 aliphatic heterocycles. The van der Waals surface area contributed by atoms with Crippen LogP contribution >= 0.6 is 15.9 Å². The average Bonchev–Trinajstić information content (AvgIpc) is 3.74. The van der Waals surface area contributed by atoms with Gasteiger partial charge in [0, 0.05) is 57.3 Å². The highest BCUT2D eigenvalue weighted by Gasteiger charge is 2.62. The molecule has 0 amide bonds. The summed E-state index contributed by atoms with van der Waals surface area (Å²) in [4.78, 5) is 20.6. The van der Waals surface area contributed by atoms with Crippen molar-refractivity contribution in [3.05, 3.63) is 153 Å². The number of ketones is 1. The summed E-state index contributed by atoms with van der Waals surface area (Å²) in [5.74, 6) is 4.67. The molecule has 6 aliphatic rings. The Labute approximate surface area is 371 Å². The van der Waals surface area contributed by atoms with Crippen molar-refractivity contribution < 1.29 is 9.90 Å². The number of aromatic nitrogens is 2. The number of carbonyl (C=O) groups excluding carboxylic acids is 1. The van der Waals surface area contributed by atoms with Crippen molar-refractivity contribution >= 4 is 43.3 Å². The van der Waals surface area contributed by atoms with Gasteiger partial charge in [-0.2, -0.15) is 0 Å². The summed E-state index contributed by atoms with van der Waals surface area (Å²) in [6, 6.07) is 30.9. The Kier molecular flexibility index (Phi) is 10.6. The maximum absolute atomic E-state index is 12.3. The van der Waals surface area contributed by atoms with E-state index in [9.17, 15) is 9.90 Å². The van der Waals surface area contributed by atoms with E-state index in [2.05, 4.69) is 126 Å². The quantitative estimate of drug-likeness (QED) is 0.179. The van der Waals surface area contributed by atoms with Crippen molar-refractivity contribution in [1.29, 1.82) is 0 Å². The second-order valence-corrected chi connectivity index (χ2v) is 21.2. The predicted octanol–water partition coefficient (Wildman–Crippen LogP) is 13.7. The van der Waals surface area contributed by atoms with E-state index in [0.717, 1.165) is 65.8 Å². The second-order valence-electron chi connectivity index (χ2n) is 20.3. The molecule has 0 spiro atoms. The zero-order chi connectivity index (χ0) is 42.1. The molecule has 2 heterocycles. The Morgan fingerprint density at radius 2 is 1.18 bits per heavy atom. The number of aryl methyl sites for hydroxylation is 4. The summed E-state index contributed by atoms with van der Waals surface area (Å²) in [6.07, 6.45) is 21.1. The van der Waals surface area contributed by atoms with Gasteiger partial charge in [0.15, 0.2) is 0 Å². The minimum Gasteiger partial charge on any atom is -0.385 e. The summed E-state index contributed by atoms with van der Waals surface area (Å²) >= 11 is 3.40. The molecular formula is C56H61BrN2O2. The SMILES string of the molecule is Brc1ccc2ccncc2c1.Cc1ccc2c(c1)CC[C@@H]1[C@@H]2CC[C@@]2(C)[C@H]1CC[C@@]2(O)c1ccc2ccncc2c1.Cc1ccc2c(c1)CC[C@@H]1[C@@H]2CC[C@]2(C)C(=O)CC[C@@H]12. The van der Waals surface area contributed by atoms with Crippen molar-refractivity contribution in [3.8, 4) is 0 Å². The Hall–Kier alpha value is -4.19. The Morgan fingerprint density at radius 1 is 0.590 bits per heavy atom. The molecule has 61 heavy (non-hydrogen) atoms. The third-order valence-corrected chi connectivity index (χ3v) is 17.8. The second kappa shape index (κ2) is 15.9. The van der Waals surface area contributed by atoms with Gasteiger partial charge in [0.2, 0.25) is 0 Å². The number of fused-ring (bicyclic) bond motifs is 12. The highest BCUT2D eigenvalue weighted by Crippen LogP contribution is 2.67. The van der Waals surface area contributed by atoms with Crippen molar-refractivity contribution in [2.75, 3.05) is 0 Å². The molecule has 9 atom stereocenters. The van der Waals surface area contributed by atoms with Gasteiger partial charge in [-0.15, -0.1) is 0 Å². The molecule has 0 unspecified atom stereocenters. The van der Waals surface area contributed by atoms with Gasteiger partial charge in [-0.3, -0.25) is 14.8 Å². The van der Waals surface area contributed by atoms with Crippen LogP contribution in [-0.4, -0.2) is 20.9 Å². The van der Waals surface area contributed by atoms with E-state index in [1.54, 1.807) is 28.5 Å². The van der Waals surface area contributed by atoms with E-state index in [0.29, 0.717) is 29.5 Å². The predicted molar refractivity (Wildman–Crippen MR) is 252 cm³/mol. The lowest BCUT2D eigenvalue weighted by Crippen LogP contribution is -2.49. The van der Waals surface area contributed by atoms with Crippen molar-refractivity contribution in [2.24, 2.45) is 34.5 Å².